The lowest BCUT2D eigenvalue weighted by Gasteiger charge is -2.07. The zero-order chi connectivity index (χ0) is 12.1. The molecular weight excluding hydrogens is 212 g/mol. The van der Waals surface area contributed by atoms with Crippen LogP contribution in [-0.4, -0.2) is 18.6 Å². The average Bonchev–Trinajstić information content (AvgIpc) is 2.39. The molecule has 0 bridgehead atoms. The van der Waals surface area contributed by atoms with Crippen molar-refractivity contribution in [1.82, 2.24) is 4.98 Å². The molecule has 0 atom stereocenters. The van der Waals surface area contributed by atoms with Gasteiger partial charge in [0.1, 0.15) is 5.75 Å². The van der Waals surface area contributed by atoms with E-state index < -0.39 is 0 Å². The van der Waals surface area contributed by atoms with E-state index in [1.807, 2.05) is 18.3 Å². The maximum absolute atomic E-state index is 5.52. The lowest BCUT2D eigenvalue weighted by atomic mass is 10.0. The molecule has 0 fully saturated rings. The van der Waals surface area contributed by atoms with E-state index >= 15 is 0 Å². The second-order valence-electron chi connectivity index (χ2n) is 4.10. The molecule has 1 heterocycles. The van der Waals surface area contributed by atoms with Crippen LogP contribution in [0, 0.1) is 0 Å². The maximum Gasteiger partial charge on any atom is 0.119 e. The van der Waals surface area contributed by atoms with E-state index in [0.29, 0.717) is 0 Å². The molecule has 3 heteroatoms. The summed E-state index contributed by atoms with van der Waals surface area (Å²) in [4.78, 5) is 4.37. The van der Waals surface area contributed by atoms with Gasteiger partial charge in [-0.3, -0.25) is 4.98 Å². The first-order chi connectivity index (χ1) is 8.35. The van der Waals surface area contributed by atoms with E-state index in [1.165, 1.54) is 10.9 Å². The Morgan fingerprint density at radius 3 is 2.88 bits per heavy atom. The first-order valence-corrected chi connectivity index (χ1v) is 5.97. The van der Waals surface area contributed by atoms with Crippen LogP contribution in [0.1, 0.15) is 18.4 Å². The number of rotatable bonds is 5. The Bertz CT molecular complexity index is 497. The fourth-order valence-corrected chi connectivity index (χ4v) is 1.99. The molecule has 3 nitrogen and oxygen atoms in total. The topological polar surface area (TPSA) is 48.1 Å². The predicted molar refractivity (Wildman–Crippen MR) is 70.3 cm³/mol. The number of methoxy groups -OCH3 is 1. The lowest BCUT2D eigenvalue weighted by molar-refractivity contribution is 0.415. The van der Waals surface area contributed by atoms with Gasteiger partial charge in [0.25, 0.3) is 0 Å². The van der Waals surface area contributed by atoms with Gasteiger partial charge < -0.3 is 10.5 Å². The molecule has 0 saturated heterocycles. The number of benzene rings is 1. The molecule has 1 aromatic carbocycles. The Balaban J connectivity index is 2.33. The molecule has 0 aliphatic rings. The van der Waals surface area contributed by atoms with Crippen LogP contribution in [0.4, 0.5) is 0 Å². The van der Waals surface area contributed by atoms with E-state index in [2.05, 4.69) is 17.1 Å². The fourth-order valence-electron chi connectivity index (χ4n) is 1.99. The van der Waals surface area contributed by atoms with Crippen LogP contribution in [0.25, 0.3) is 10.9 Å². The molecule has 0 aliphatic carbocycles. The standard InChI is InChI=1S/C14H18N2O/c1-17-12-5-6-14-13(10-12)11(7-9-16-14)4-2-3-8-15/h5-7,9-10H,2-4,8,15H2,1H3. The van der Waals surface area contributed by atoms with Gasteiger partial charge in [-0.05, 0) is 55.6 Å². The normalized spacial score (nSPS) is 10.7. The molecule has 0 amide bonds. The van der Waals surface area contributed by atoms with Crippen LogP contribution in [0.5, 0.6) is 5.75 Å². The Labute approximate surface area is 102 Å². The van der Waals surface area contributed by atoms with Gasteiger partial charge in [0.15, 0.2) is 0 Å². The summed E-state index contributed by atoms with van der Waals surface area (Å²) in [6, 6.07) is 8.08. The monoisotopic (exact) mass is 230 g/mol. The van der Waals surface area contributed by atoms with Gasteiger partial charge in [-0.25, -0.2) is 0 Å². The third-order valence-corrected chi connectivity index (χ3v) is 2.94. The number of nitrogens with two attached hydrogens (primary N) is 1. The van der Waals surface area contributed by atoms with E-state index in [1.54, 1.807) is 7.11 Å². The summed E-state index contributed by atoms with van der Waals surface area (Å²) < 4.78 is 5.26. The third kappa shape index (κ3) is 2.74. The quantitative estimate of drug-likeness (QED) is 0.803. The van der Waals surface area contributed by atoms with E-state index in [-0.39, 0.29) is 0 Å². The van der Waals surface area contributed by atoms with Gasteiger partial charge in [-0.2, -0.15) is 0 Å². The van der Waals surface area contributed by atoms with Crippen molar-refractivity contribution in [3.05, 3.63) is 36.0 Å². The summed E-state index contributed by atoms with van der Waals surface area (Å²) in [5.74, 6) is 0.880. The molecular formula is C14H18N2O. The van der Waals surface area contributed by atoms with Gasteiger partial charge in [0.05, 0.1) is 12.6 Å². The second-order valence-corrected chi connectivity index (χ2v) is 4.10. The molecule has 0 unspecified atom stereocenters. The largest absolute Gasteiger partial charge is 0.497 e. The number of aromatic nitrogens is 1. The van der Waals surface area contributed by atoms with Crippen molar-refractivity contribution in [3.63, 3.8) is 0 Å². The summed E-state index contributed by atoms with van der Waals surface area (Å²) in [6.45, 7) is 0.756. The van der Waals surface area contributed by atoms with E-state index in [0.717, 1.165) is 37.1 Å². The summed E-state index contributed by atoms with van der Waals surface area (Å²) in [6.07, 6.45) is 5.09. The second kappa shape index (κ2) is 5.64. The SMILES string of the molecule is COc1ccc2nccc(CCCCN)c2c1. The van der Waals surface area contributed by atoms with Crippen LogP contribution in [0.2, 0.25) is 0 Å². The van der Waals surface area contributed by atoms with Crippen molar-refractivity contribution in [2.24, 2.45) is 5.73 Å². The van der Waals surface area contributed by atoms with E-state index in [4.69, 9.17) is 10.5 Å². The van der Waals surface area contributed by atoms with Crippen molar-refractivity contribution in [3.8, 4) is 5.75 Å². The molecule has 0 radical (unpaired) electrons. The first-order valence-electron chi connectivity index (χ1n) is 5.97. The van der Waals surface area contributed by atoms with Crippen LogP contribution < -0.4 is 10.5 Å². The smallest absolute Gasteiger partial charge is 0.119 e. The number of fused-ring (bicyclic) bond motifs is 1. The molecule has 90 valence electrons. The lowest BCUT2D eigenvalue weighted by Crippen LogP contribution is -1.99. The molecule has 2 rings (SSSR count). The Hall–Kier alpha value is -1.61. The predicted octanol–water partition coefficient (Wildman–Crippen LogP) is 2.52. The summed E-state index contributed by atoms with van der Waals surface area (Å²) in [7, 11) is 1.69. The molecule has 0 aliphatic heterocycles. The number of ether oxygens (including phenoxy) is 1. The highest BCUT2D eigenvalue weighted by Gasteiger charge is 2.03. The Kier molecular flexibility index (Phi) is 3.94. The minimum Gasteiger partial charge on any atom is -0.497 e. The Morgan fingerprint density at radius 2 is 2.12 bits per heavy atom. The van der Waals surface area contributed by atoms with Crippen molar-refractivity contribution < 1.29 is 4.74 Å². The van der Waals surface area contributed by atoms with Gasteiger partial charge in [0, 0.05) is 11.6 Å². The average molecular weight is 230 g/mol. The summed E-state index contributed by atoms with van der Waals surface area (Å²) in [5.41, 5.74) is 7.86. The number of hydrogen-bond acceptors (Lipinski definition) is 3. The first kappa shape index (κ1) is 11.9. The highest BCUT2D eigenvalue weighted by atomic mass is 16.5. The van der Waals surface area contributed by atoms with Crippen molar-refractivity contribution in [2.75, 3.05) is 13.7 Å². The third-order valence-electron chi connectivity index (χ3n) is 2.94. The van der Waals surface area contributed by atoms with Crippen molar-refractivity contribution >= 4 is 10.9 Å². The van der Waals surface area contributed by atoms with Crippen LogP contribution >= 0.6 is 0 Å². The zero-order valence-corrected chi connectivity index (χ0v) is 10.1. The van der Waals surface area contributed by atoms with Crippen LogP contribution in [0.3, 0.4) is 0 Å². The van der Waals surface area contributed by atoms with Crippen LogP contribution in [-0.2, 0) is 6.42 Å². The molecule has 2 aromatic rings. The minimum absolute atomic E-state index is 0.756. The van der Waals surface area contributed by atoms with Gasteiger partial charge in [0.2, 0.25) is 0 Å². The van der Waals surface area contributed by atoms with Gasteiger partial charge in [-0.15, -0.1) is 0 Å². The molecule has 17 heavy (non-hydrogen) atoms. The molecule has 0 spiro atoms. The molecule has 0 saturated carbocycles. The highest BCUT2D eigenvalue weighted by Crippen LogP contribution is 2.23. The number of nitrogens with zero attached hydrogens (tertiary/aromatic N) is 1. The highest BCUT2D eigenvalue weighted by molar-refractivity contribution is 5.83. The van der Waals surface area contributed by atoms with E-state index in [9.17, 15) is 0 Å². The van der Waals surface area contributed by atoms with Crippen LogP contribution in [0.15, 0.2) is 30.5 Å². The maximum atomic E-state index is 5.52. The zero-order valence-electron chi connectivity index (χ0n) is 10.1. The number of hydrogen-bond donors (Lipinski definition) is 1. The molecule has 2 N–H and O–H groups in total. The van der Waals surface area contributed by atoms with Crippen molar-refractivity contribution in [1.29, 1.82) is 0 Å². The number of unbranched alkanes of at least 4 members (excludes halogenated alkanes) is 1. The minimum atomic E-state index is 0.756. The molecule has 1 aromatic heterocycles. The fraction of sp³-hybridized carbons (Fsp3) is 0.357. The van der Waals surface area contributed by atoms with Crippen molar-refractivity contribution in [2.45, 2.75) is 19.3 Å². The van der Waals surface area contributed by atoms with Gasteiger partial charge in [-0.1, -0.05) is 0 Å². The van der Waals surface area contributed by atoms with Gasteiger partial charge >= 0.3 is 0 Å². The number of aryl methyl sites for hydroxylation is 1. The summed E-state index contributed by atoms with van der Waals surface area (Å²) in [5, 5.41) is 1.18. The summed E-state index contributed by atoms with van der Waals surface area (Å²) >= 11 is 0. The Morgan fingerprint density at radius 1 is 1.24 bits per heavy atom. The number of pyridine rings is 1.